The summed E-state index contributed by atoms with van der Waals surface area (Å²) in [4.78, 5) is 5.26. The number of methoxy groups -OCH3 is 1. The number of aromatic nitrogens is 1. The maximum Gasteiger partial charge on any atom is 0.244 e. The van der Waals surface area contributed by atoms with Crippen molar-refractivity contribution in [1.82, 2.24) is 9.71 Å². The van der Waals surface area contributed by atoms with Crippen LogP contribution in [0.3, 0.4) is 0 Å². The SMILES string of the molecule is COc1ccc(Br)cc1S(=O)(=O)NCc1ncc(C)s1. The van der Waals surface area contributed by atoms with Crippen molar-refractivity contribution in [3.63, 3.8) is 0 Å². The molecule has 0 atom stereocenters. The van der Waals surface area contributed by atoms with Gasteiger partial charge < -0.3 is 4.74 Å². The second kappa shape index (κ2) is 6.21. The molecule has 8 heteroatoms. The normalized spacial score (nSPS) is 11.6. The first-order valence-electron chi connectivity index (χ1n) is 5.67. The first-order chi connectivity index (χ1) is 9.42. The summed E-state index contributed by atoms with van der Waals surface area (Å²) in [5.41, 5.74) is 0. The summed E-state index contributed by atoms with van der Waals surface area (Å²) >= 11 is 4.72. The molecular weight excluding hydrogens is 364 g/mol. The molecule has 0 radical (unpaired) electrons. The molecule has 0 saturated carbocycles. The smallest absolute Gasteiger partial charge is 0.244 e. The van der Waals surface area contributed by atoms with Crippen molar-refractivity contribution >= 4 is 37.3 Å². The second-order valence-electron chi connectivity index (χ2n) is 3.98. The van der Waals surface area contributed by atoms with E-state index in [0.717, 1.165) is 9.88 Å². The van der Waals surface area contributed by atoms with E-state index >= 15 is 0 Å². The Morgan fingerprint density at radius 3 is 2.80 bits per heavy atom. The third-order valence-corrected chi connectivity index (χ3v) is 5.33. The van der Waals surface area contributed by atoms with Crippen molar-refractivity contribution in [2.45, 2.75) is 18.4 Å². The average molecular weight is 377 g/mol. The van der Waals surface area contributed by atoms with Gasteiger partial charge in [0, 0.05) is 15.5 Å². The molecule has 0 fully saturated rings. The Labute approximate surface area is 130 Å². The fourth-order valence-corrected chi connectivity index (χ4v) is 4.09. The van der Waals surface area contributed by atoms with Gasteiger partial charge in [0.2, 0.25) is 10.0 Å². The van der Waals surface area contributed by atoms with Crippen LogP contribution in [0.1, 0.15) is 9.88 Å². The number of hydrogen-bond donors (Lipinski definition) is 1. The first kappa shape index (κ1) is 15.4. The highest BCUT2D eigenvalue weighted by Crippen LogP contribution is 2.27. The maximum absolute atomic E-state index is 12.3. The molecule has 1 aromatic carbocycles. The summed E-state index contributed by atoms with van der Waals surface area (Å²) in [6.45, 7) is 2.09. The van der Waals surface area contributed by atoms with Gasteiger partial charge in [-0.1, -0.05) is 15.9 Å². The van der Waals surface area contributed by atoms with Gasteiger partial charge in [-0.3, -0.25) is 0 Å². The van der Waals surface area contributed by atoms with Crippen LogP contribution in [0.2, 0.25) is 0 Å². The number of sulfonamides is 1. The lowest BCUT2D eigenvalue weighted by molar-refractivity contribution is 0.402. The number of halogens is 1. The molecular formula is C12H13BrN2O3S2. The molecule has 1 aromatic heterocycles. The van der Waals surface area contributed by atoms with E-state index in [9.17, 15) is 8.42 Å². The van der Waals surface area contributed by atoms with E-state index in [1.807, 2.05) is 6.92 Å². The van der Waals surface area contributed by atoms with Crippen LogP contribution in [0.4, 0.5) is 0 Å². The van der Waals surface area contributed by atoms with Crippen molar-refractivity contribution in [2.75, 3.05) is 7.11 Å². The predicted molar refractivity (Wildman–Crippen MR) is 81.6 cm³/mol. The Kier molecular flexibility index (Phi) is 4.79. The summed E-state index contributed by atoms with van der Waals surface area (Å²) in [5.74, 6) is 0.302. The van der Waals surface area contributed by atoms with Gasteiger partial charge >= 0.3 is 0 Å². The average Bonchev–Trinajstić information content (AvgIpc) is 2.82. The lowest BCUT2D eigenvalue weighted by Crippen LogP contribution is -2.23. The molecule has 1 heterocycles. The molecule has 0 aliphatic heterocycles. The number of benzene rings is 1. The summed E-state index contributed by atoms with van der Waals surface area (Å²) in [5, 5.41) is 0.722. The van der Waals surface area contributed by atoms with Gasteiger partial charge in [-0.15, -0.1) is 11.3 Å². The third kappa shape index (κ3) is 3.57. The zero-order valence-corrected chi connectivity index (χ0v) is 14.1. The second-order valence-corrected chi connectivity index (χ2v) is 7.95. The van der Waals surface area contributed by atoms with E-state index in [4.69, 9.17) is 4.74 Å². The molecule has 2 aromatic rings. The van der Waals surface area contributed by atoms with Crippen LogP contribution in [0.5, 0.6) is 5.75 Å². The lowest BCUT2D eigenvalue weighted by Gasteiger charge is -2.10. The fraction of sp³-hybridized carbons (Fsp3) is 0.250. The van der Waals surface area contributed by atoms with Crippen LogP contribution < -0.4 is 9.46 Å². The van der Waals surface area contributed by atoms with Crippen molar-refractivity contribution < 1.29 is 13.2 Å². The van der Waals surface area contributed by atoms with Gasteiger partial charge in [0.25, 0.3) is 0 Å². The van der Waals surface area contributed by atoms with Crippen LogP contribution in [0, 0.1) is 6.92 Å². The number of aryl methyl sites for hydroxylation is 1. The highest BCUT2D eigenvalue weighted by atomic mass is 79.9. The molecule has 0 aliphatic rings. The number of rotatable bonds is 5. The minimum absolute atomic E-state index is 0.0997. The molecule has 0 unspecified atom stereocenters. The van der Waals surface area contributed by atoms with E-state index in [-0.39, 0.29) is 11.4 Å². The van der Waals surface area contributed by atoms with Crippen LogP contribution in [-0.2, 0) is 16.6 Å². The largest absolute Gasteiger partial charge is 0.495 e. The Morgan fingerprint density at radius 2 is 2.20 bits per heavy atom. The van der Waals surface area contributed by atoms with Crippen LogP contribution in [0.15, 0.2) is 33.8 Å². The molecule has 5 nitrogen and oxygen atoms in total. The van der Waals surface area contributed by atoms with Crippen LogP contribution in [0.25, 0.3) is 0 Å². The Morgan fingerprint density at radius 1 is 1.45 bits per heavy atom. The zero-order chi connectivity index (χ0) is 14.8. The monoisotopic (exact) mass is 376 g/mol. The zero-order valence-electron chi connectivity index (χ0n) is 10.9. The van der Waals surface area contributed by atoms with E-state index < -0.39 is 10.0 Å². The number of thiazole rings is 1. The van der Waals surface area contributed by atoms with E-state index in [1.165, 1.54) is 24.5 Å². The van der Waals surface area contributed by atoms with Gasteiger partial charge in [-0.2, -0.15) is 0 Å². The minimum Gasteiger partial charge on any atom is -0.495 e. The summed E-state index contributed by atoms with van der Waals surface area (Å²) in [6.07, 6.45) is 1.72. The van der Waals surface area contributed by atoms with Gasteiger partial charge in [0.05, 0.1) is 13.7 Å². The summed E-state index contributed by atoms with van der Waals surface area (Å²) in [6, 6.07) is 4.84. The Bertz CT molecular complexity index is 713. The Hall–Kier alpha value is -0.960. The van der Waals surface area contributed by atoms with Crippen LogP contribution >= 0.6 is 27.3 Å². The van der Waals surface area contributed by atoms with Gasteiger partial charge in [-0.25, -0.2) is 18.1 Å². The quantitative estimate of drug-likeness (QED) is 0.870. The fourth-order valence-electron chi connectivity index (χ4n) is 1.58. The molecule has 1 N–H and O–H groups in total. The maximum atomic E-state index is 12.3. The summed E-state index contributed by atoms with van der Waals surface area (Å²) < 4.78 is 32.9. The number of nitrogens with zero attached hydrogens (tertiary/aromatic N) is 1. The van der Waals surface area contributed by atoms with E-state index in [2.05, 4.69) is 25.6 Å². The van der Waals surface area contributed by atoms with Gasteiger partial charge in [0.15, 0.2) is 0 Å². The molecule has 2 rings (SSSR count). The molecule has 0 aliphatic carbocycles. The minimum atomic E-state index is -3.65. The first-order valence-corrected chi connectivity index (χ1v) is 8.76. The molecule has 108 valence electrons. The van der Waals surface area contributed by atoms with Crippen molar-refractivity contribution in [3.05, 3.63) is 38.8 Å². The van der Waals surface area contributed by atoms with E-state index in [0.29, 0.717) is 10.2 Å². The van der Waals surface area contributed by atoms with Crippen molar-refractivity contribution in [3.8, 4) is 5.75 Å². The third-order valence-electron chi connectivity index (χ3n) is 2.50. The molecule has 0 spiro atoms. The highest BCUT2D eigenvalue weighted by molar-refractivity contribution is 9.10. The van der Waals surface area contributed by atoms with Crippen molar-refractivity contribution in [1.29, 1.82) is 0 Å². The number of ether oxygens (including phenoxy) is 1. The standard InChI is InChI=1S/C12H13BrN2O3S2/c1-8-6-14-12(19-8)7-15-20(16,17)11-5-9(13)3-4-10(11)18-2/h3-6,15H,7H2,1-2H3. The summed E-state index contributed by atoms with van der Waals surface area (Å²) in [7, 11) is -2.22. The highest BCUT2D eigenvalue weighted by Gasteiger charge is 2.20. The number of hydrogen-bond acceptors (Lipinski definition) is 5. The molecule has 20 heavy (non-hydrogen) atoms. The van der Waals surface area contributed by atoms with E-state index in [1.54, 1.807) is 18.3 Å². The van der Waals surface area contributed by atoms with Gasteiger partial charge in [0.1, 0.15) is 15.7 Å². The van der Waals surface area contributed by atoms with Crippen molar-refractivity contribution in [2.24, 2.45) is 0 Å². The molecule has 0 amide bonds. The number of nitrogens with one attached hydrogen (secondary N) is 1. The topological polar surface area (TPSA) is 68.3 Å². The predicted octanol–water partition coefficient (Wildman–Crippen LogP) is 2.70. The van der Waals surface area contributed by atoms with Gasteiger partial charge in [-0.05, 0) is 25.1 Å². The van der Waals surface area contributed by atoms with Crippen LogP contribution in [-0.4, -0.2) is 20.5 Å². The molecule has 0 bridgehead atoms. The lowest BCUT2D eigenvalue weighted by atomic mass is 10.3. The molecule has 0 saturated heterocycles. The Balaban J connectivity index is 2.24.